The third kappa shape index (κ3) is 5.07. The van der Waals surface area contributed by atoms with E-state index < -0.39 is 22.0 Å². The standard InChI is InChI=1S/C24H23ClN2O5S/c1-17-10-12-18(13-11-17)33(29,30)27-16-23(32-22-9-5-3-7-20(22)27)24(28)26-14-15-31-21-8-4-2-6-19(21)25/h2-13,23H,14-16H2,1H3,(H,26,28)/t23-/m1/s1. The molecular weight excluding hydrogens is 464 g/mol. The van der Waals surface area contributed by atoms with Gasteiger partial charge < -0.3 is 14.8 Å². The highest BCUT2D eigenvalue weighted by molar-refractivity contribution is 7.92. The number of fused-ring (bicyclic) bond motifs is 1. The van der Waals surface area contributed by atoms with Crippen molar-refractivity contribution < 1.29 is 22.7 Å². The molecule has 1 N–H and O–H groups in total. The fourth-order valence-electron chi connectivity index (χ4n) is 3.41. The summed E-state index contributed by atoms with van der Waals surface area (Å²) in [4.78, 5) is 13.0. The molecule has 1 atom stereocenters. The van der Waals surface area contributed by atoms with Crippen LogP contribution in [-0.4, -0.2) is 40.1 Å². The number of carbonyl (C=O) groups is 1. The van der Waals surface area contributed by atoms with E-state index in [2.05, 4.69) is 5.32 Å². The molecule has 3 aromatic rings. The average molecular weight is 487 g/mol. The number of sulfonamides is 1. The van der Waals surface area contributed by atoms with Gasteiger partial charge in [0.25, 0.3) is 15.9 Å². The Morgan fingerprint density at radius 2 is 1.79 bits per heavy atom. The Bertz CT molecular complexity index is 1250. The summed E-state index contributed by atoms with van der Waals surface area (Å²) in [5, 5.41) is 3.22. The van der Waals surface area contributed by atoms with Gasteiger partial charge in [-0.25, -0.2) is 8.42 Å². The first-order valence-electron chi connectivity index (χ1n) is 10.4. The molecule has 0 fully saturated rings. The zero-order valence-electron chi connectivity index (χ0n) is 17.9. The maximum absolute atomic E-state index is 13.4. The van der Waals surface area contributed by atoms with Crippen molar-refractivity contribution in [3.05, 3.63) is 83.4 Å². The Hall–Kier alpha value is -3.23. The third-order valence-corrected chi connectivity index (χ3v) is 7.24. The minimum atomic E-state index is -3.89. The van der Waals surface area contributed by atoms with Crippen LogP contribution in [0.3, 0.4) is 0 Å². The number of hydrogen-bond donors (Lipinski definition) is 1. The summed E-state index contributed by atoms with van der Waals surface area (Å²) in [7, 11) is -3.89. The van der Waals surface area contributed by atoms with Gasteiger partial charge >= 0.3 is 0 Å². The van der Waals surface area contributed by atoms with Crippen molar-refractivity contribution in [2.75, 3.05) is 24.0 Å². The highest BCUT2D eigenvalue weighted by Gasteiger charge is 2.37. The zero-order valence-corrected chi connectivity index (χ0v) is 19.5. The Balaban J connectivity index is 1.47. The first-order valence-corrected chi connectivity index (χ1v) is 12.2. The Morgan fingerprint density at radius 3 is 2.55 bits per heavy atom. The summed E-state index contributed by atoms with van der Waals surface area (Å²) in [6.45, 7) is 2.14. The number of nitrogens with one attached hydrogen (secondary N) is 1. The molecule has 9 heteroatoms. The number of aryl methyl sites for hydroxylation is 1. The van der Waals surface area contributed by atoms with Crippen molar-refractivity contribution in [3.8, 4) is 11.5 Å². The van der Waals surface area contributed by atoms with Crippen LogP contribution in [0.1, 0.15) is 5.56 Å². The number of anilines is 1. The molecule has 0 aromatic heterocycles. The van der Waals surface area contributed by atoms with Gasteiger partial charge in [0.05, 0.1) is 28.7 Å². The number of carbonyl (C=O) groups excluding carboxylic acids is 1. The van der Waals surface area contributed by atoms with Gasteiger partial charge in [-0.2, -0.15) is 0 Å². The number of rotatable bonds is 7. The van der Waals surface area contributed by atoms with Gasteiger partial charge in [-0.3, -0.25) is 9.10 Å². The van der Waals surface area contributed by atoms with Crippen molar-refractivity contribution in [1.29, 1.82) is 0 Å². The summed E-state index contributed by atoms with van der Waals surface area (Å²) in [5.41, 5.74) is 1.34. The van der Waals surface area contributed by atoms with Gasteiger partial charge in [-0.1, -0.05) is 53.6 Å². The van der Waals surface area contributed by atoms with Gasteiger partial charge in [0.15, 0.2) is 6.10 Å². The number of hydrogen-bond acceptors (Lipinski definition) is 5. The second-order valence-electron chi connectivity index (χ2n) is 7.49. The molecule has 1 heterocycles. The molecule has 3 aromatic carbocycles. The topological polar surface area (TPSA) is 84.9 Å². The van der Waals surface area contributed by atoms with Gasteiger partial charge in [0, 0.05) is 0 Å². The predicted molar refractivity (Wildman–Crippen MR) is 127 cm³/mol. The molecule has 0 spiro atoms. The summed E-state index contributed by atoms with van der Waals surface area (Å²) in [6.07, 6.45) is -1.01. The van der Waals surface area contributed by atoms with E-state index in [-0.39, 0.29) is 24.6 Å². The molecule has 1 aliphatic rings. The van der Waals surface area contributed by atoms with E-state index in [1.54, 1.807) is 72.8 Å². The van der Waals surface area contributed by atoms with Crippen LogP contribution < -0.4 is 19.1 Å². The zero-order chi connectivity index (χ0) is 23.4. The molecule has 0 saturated carbocycles. The van der Waals surface area contributed by atoms with Crippen LogP contribution >= 0.6 is 11.6 Å². The molecule has 0 aliphatic carbocycles. The molecule has 1 amide bonds. The van der Waals surface area contributed by atoms with Crippen LogP contribution in [-0.2, 0) is 14.8 Å². The molecule has 0 radical (unpaired) electrons. The normalized spacial score (nSPS) is 15.3. The fraction of sp³-hybridized carbons (Fsp3) is 0.208. The van der Waals surface area contributed by atoms with Gasteiger partial charge in [0.1, 0.15) is 18.1 Å². The lowest BCUT2D eigenvalue weighted by Gasteiger charge is -2.34. The Morgan fingerprint density at radius 1 is 1.09 bits per heavy atom. The van der Waals surface area contributed by atoms with E-state index in [0.29, 0.717) is 22.2 Å². The number of para-hydroxylation sites is 3. The maximum atomic E-state index is 13.4. The molecule has 0 bridgehead atoms. The first kappa shape index (κ1) is 22.9. The molecular formula is C24H23ClN2O5S. The van der Waals surface area contributed by atoms with Crippen molar-refractivity contribution in [1.82, 2.24) is 5.32 Å². The smallest absolute Gasteiger partial charge is 0.264 e. The minimum absolute atomic E-state index is 0.148. The number of nitrogens with zero attached hydrogens (tertiary/aromatic N) is 1. The first-order chi connectivity index (χ1) is 15.9. The number of amides is 1. The molecule has 1 aliphatic heterocycles. The van der Waals surface area contributed by atoms with E-state index >= 15 is 0 Å². The Kier molecular flexibility index (Phi) is 6.76. The number of benzene rings is 3. The largest absolute Gasteiger partial charge is 0.490 e. The highest BCUT2D eigenvalue weighted by atomic mass is 35.5. The lowest BCUT2D eigenvalue weighted by Crippen LogP contribution is -2.51. The van der Waals surface area contributed by atoms with Crippen molar-refractivity contribution in [2.45, 2.75) is 17.9 Å². The second kappa shape index (κ2) is 9.72. The quantitative estimate of drug-likeness (QED) is 0.513. The third-order valence-electron chi connectivity index (χ3n) is 5.13. The van der Waals surface area contributed by atoms with E-state index in [4.69, 9.17) is 21.1 Å². The van der Waals surface area contributed by atoms with Crippen LogP contribution in [0.5, 0.6) is 11.5 Å². The molecule has 4 rings (SSSR count). The maximum Gasteiger partial charge on any atom is 0.264 e. The number of ether oxygens (including phenoxy) is 2. The summed E-state index contributed by atoms with van der Waals surface area (Å²) in [5.74, 6) is 0.412. The van der Waals surface area contributed by atoms with Crippen LogP contribution in [0.4, 0.5) is 5.69 Å². The van der Waals surface area contributed by atoms with E-state index in [0.717, 1.165) is 5.56 Å². The summed E-state index contributed by atoms with van der Waals surface area (Å²) >= 11 is 6.06. The van der Waals surface area contributed by atoms with Crippen molar-refractivity contribution in [2.24, 2.45) is 0 Å². The molecule has 0 saturated heterocycles. The SMILES string of the molecule is Cc1ccc(S(=O)(=O)N2C[C@H](C(=O)NCCOc3ccccc3Cl)Oc3ccccc32)cc1. The lowest BCUT2D eigenvalue weighted by atomic mass is 10.2. The summed E-state index contributed by atoms with van der Waals surface area (Å²) < 4.78 is 39.4. The second-order valence-corrected chi connectivity index (χ2v) is 9.76. The van der Waals surface area contributed by atoms with Crippen molar-refractivity contribution >= 4 is 33.2 Å². The average Bonchev–Trinajstić information content (AvgIpc) is 2.82. The van der Waals surface area contributed by atoms with Gasteiger partial charge in [0.2, 0.25) is 0 Å². The van der Waals surface area contributed by atoms with E-state index in [1.165, 1.54) is 4.31 Å². The van der Waals surface area contributed by atoms with Crippen LogP contribution in [0, 0.1) is 6.92 Å². The number of halogens is 1. The predicted octanol–water partition coefficient (Wildman–Crippen LogP) is 3.80. The van der Waals surface area contributed by atoms with Gasteiger partial charge in [-0.15, -0.1) is 0 Å². The van der Waals surface area contributed by atoms with Gasteiger partial charge in [-0.05, 0) is 43.3 Å². The fourth-order valence-corrected chi connectivity index (χ4v) is 5.08. The van der Waals surface area contributed by atoms with E-state index in [9.17, 15) is 13.2 Å². The van der Waals surface area contributed by atoms with Crippen molar-refractivity contribution in [3.63, 3.8) is 0 Å². The minimum Gasteiger partial charge on any atom is -0.490 e. The van der Waals surface area contributed by atoms with E-state index in [1.807, 2.05) is 6.92 Å². The van der Waals surface area contributed by atoms with Crippen LogP contribution in [0.2, 0.25) is 5.02 Å². The molecule has 172 valence electrons. The molecule has 0 unspecified atom stereocenters. The highest BCUT2D eigenvalue weighted by Crippen LogP contribution is 2.36. The summed E-state index contributed by atoms with van der Waals surface area (Å²) in [6, 6.07) is 20.4. The molecule has 7 nitrogen and oxygen atoms in total. The molecule has 33 heavy (non-hydrogen) atoms. The lowest BCUT2D eigenvalue weighted by molar-refractivity contribution is -0.127. The Labute approximate surface area is 197 Å². The monoisotopic (exact) mass is 486 g/mol. The van der Waals surface area contributed by atoms with Crippen LogP contribution in [0.15, 0.2) is 77.7 Å². The van der Waals surface area contributed by atoms with Crippen LogP contribution in [0.25, 0.3) is 0 Å².